The van der Waals surface area contributed by atoms with Crippen molar-refractivity contribution in [2.75, 3.05) is 6.61 Å². The summed E-state index contributed by atoms with van der Waals surface area (Å²) in [6.07, 6.45) is -5.99. The Kier molecular flexibility index (Phi) is 7.02. The van der Waals surface area contributed by atoms with Gasteiger partial charge in [-0.1, -0.05) is 13.8 Å². The Labute approximate surface area is 149 Å². The molecule has 0 aliphatic rings. The number of benzene rings is 1. The van der Waals surface area contributed by atoms with Crippen LogP contribution in [0.15, 0.2) is 12.1 Å². The van der Waals surface area contributed by atoms with Crippen LogP contribution in [0.25, 0.3) is 0 Å². The largest absolute Gasteiger partial charge is 0.514 e. The van der Waals surface area contributed by atoms with Crippen LogP contribution in [-0.4, -0.2) is 35.0 Å². The number of hydrogen-bond donors (Lipinski definition) is 0. The Morgan fingerprint density at radius 1 is 1.19 bits per heavy atom. The normalized spacial score (nSPS) is 11.6. The van der Waals surface area contributed by atoms with Crippen LogP contribution >= 0.6 is 0 Å². The standard InChI is InChI=1S/C14H14F4N2O7/c1-7(2)3-8-4-9(19(22)23)5-10(20(24)25)11(8)27-13(21)26-6-14(17,18)12(15)16/h4-5,7,12H,3,6H2,1-2H3. The van der Waals surface area contributed by atoms with E-state index in [0.717, 1.165) is 6.07 Å². The molecule has 150 valence electrons. The van der Waals surface area contributed by atoms with Crippen LogP contribution in [0.5, 0.6) is 5.75 Å². The second-order valence-corrected chi connectivity index (χ2v) is 5.77. The van der Waals surface area contributed by atoms with Gasteiger partial charge in [-0.2, -0.15) is 8.78 Å². The summed E-state index contributed by atoms with van der Waals surface area (Å²) in [5.41, 5.74) is -1.75. The summed E-state index contributed by atoms with van der Waals surface area (Å²) in [4.78, 5) is 31.6. The molecular weight excluding hydrogens is 384 g/mol. The predicted octanol–water partition coefficient (Wildman–Crippen LogP) is 4.12. The van der Waals surface area contributed by atoms with Crippen LogP contribution in [0.4, 0.5) is 33.7 Å². The van der Waals surface area contributed by atoms with Gasteiger partial charge >= 0.3 is 24.2 Å². The van der Waals surface area contributed by atoms with Gasteiger partial charge in [0.25, 0.3) is 5.69 Å². The topological polar surface area (TPSA) is 122 Å². The third kappa shape index (κ3) is 6.04. The lowest BCUT2D eigenvalue weighted by atomic mass is 10.0. The maximum Gasteiger partial charge on any atom is 0.514 e. The summed E-state index contributed by atoms with van der Waals surface area (Å²) in [6.45, 7) is 1.32. The Balaban J connectivity index is 3.21. The second-order valence-electron chi connectivity index (χ2n) is 5.77. The number of alkyl halides is 4. The molecule has 1 rings (SSSR count). The lowest BCUT2D eigenvalue weighted by Crippen LogP contribution is -2.34. The molecule has 0 heterocycles. The van der Waals surface area contributed by atoms with Gasteiger partial charge in [0, 0.05) is 11.6 Å². The predicted molar refractivity (Wildman–Crippen MR) is 81.2 cm³/mol. The van der Waals surface area contributed by atoms with Crippen LogP contribution in [0.2, 0.25) is 0 Å². The molecule has 0 saturated heterocycles. The van der Waals surface area contributed by atoms with Crippen molar-refractivity contribution in [3.05, 3.63) is 37.9 Å². The van der Waals surface area contributed by atoms with Gasteiger partial charge in [-0.25, -0.2) is 13.6 Å². The zero-order valence-corrected chi connectivity index (χ0v) is 14.0. The summed E-state index contributed by atoms with van der Waals surface area (Å²) >= 11 is 0. The summed E-state index contributed by atoms with van der Waals surface area (Å²) in [7, 11) is 0. The molecule has 0 unspecified atom stereocenters. The minimum Gasteiger partial charge on any atom is -0.427 e. The molecule has 13 heteroatoms. The minimum absolute atomic E-state index is 0.00166. The molecular formula is C14H14F4N2O7. The molecule has 0 N–H and O–H groups in total. The number of nitro benzene ring substituents is 2. The summed E-state index contributed by atoms with van der Waals surface area (Å²) in [5.74, 6) is -5.57. The SMILES string of the molecule is CC(C)Cc1cc([N+](=O)[O-])cc([N+](=O)[O-])c1OC(=O)OCC(F)(F)C(F)F. The molecule has 1 aromatic carbocycles. The van der Waals surface area contributed by atoms with Crippen molar-refractivity contribution in [1.29, 1.82) is 0 Å². The first kappa shape index (κ1) is 22.1. The van der Waals surface area contributed by atoms with Crippen molar-refractivity contribution in [3.8, 4) is 5.75 Å². The number of halogens is 4. The monoisotopic (exact) mass is 398 g/mol. The van der Waals surface area contributed by atoms with Gasteiger partial charge in [-0.05, 0) is 12.3 Å². The fourth-order valence-electron chi connectivity index (χ4n) is 1.94. The van der Waals surface area contributed by atoms with E-state index in [9.17, 15) is 42.6 Å². The third-order valence-electron chi connectivity index (χ3n) is 3.05. The highest BCUT2D eigenvalue weighted by Gasteiger charge is 2.42. The lowest BCUT2D eigenvalue weighted by Gasteiger charge is -2.16. The molecule has 0 amide bonds. The number of non-ortho nitro benzene ring substituents is 1. The molecule has 0 aromatic heterocycles. The van der Waals surface area contributed by atoms with E-state index in [-0.39, 0.29) is 17.9 Å². The fourth-order valence-corrected chi connectivity index (χ4v) is 1.94. The highest BCUT2D eigenvalue weighted by molar-refractivity contribution is 5.69. The van der Waals surface area contributed by atoms with E-state index in [4.69, 9.17) is 0 Å². The minimum atomic E-state index is -4.64. The third-order valence-corrected chi connectivity index (χ3v) is 3.05. The van der Waals surface area contributed by atoms with E-state index >= 15 is 0 Å². The van der Waals surface area contributed by atoms with Crippen LogP contribution in [-0.2, 0) is 11.2 Å². The zero-order chi connectivity index (χ0) is 20.9. The van der Waals surface area contributed by atoms with Crippen LogP contribution < -0.4 is 4.74 Å². The molecule has 9 nitrogen and oxygen atoms in total. The molecule has 0 aliphatic carbocycles. The average molecular weight is 398 g/mol. The Morgan fingerprint density at radius 3 is 2.22 bits per heavy atom. The van der Waals surface area contributed by atoms with Gasteiger partial charge in [0.05, 0.1) is 15.9 Å². The summed E-state index contributed by atoms with van der Waals surface area (Å²) in [5, 5.41) is 22.1. The zero-order valence-electron chi connectivity index (χ0n) is 14.0. The van der Waals surface area contributed by atoms with Gasteiger partial charge in [0.1, 0.15) is 0 Å². The lowest BCUT2D eigenvalue weighted by molar-refractivity contribution is -0.394. The summed E-state index contributed by atoms with van der Waals surface area (Å²) < 4.78 is 58.1. The Bertz CT molecular complexity index is 740. The second kappa shape index (κ2) is 8.60. The molecule has 0 atom stereocenters. The summed E-state index contributed by atoms with van der Waals surface area (Å²) in [6, 6.07) is 1.43. The highest BCUT2D eigenvalue weighted by atomic mass is 19.3. The first-order chi connectivity index (χ1) is 12.3. The van der Waals surface area contributed by atoms with Gasteiger partial charge < -0.3 is 9.47 Å². The smallest absolute Gasteiger partial charge is 0.427 e. The number of hydrogen-bond acceptors (Lipinski definition) is 7. The van der Waals surface area contributed by atoms with Crippen molar-refractivity contribution in [3.63, 3.8) is 0 Å². The van der Waals surface area contributed by atoms with Gasteiger partial charge in [0.15, 0.2) is 6.61 Å². The van der Waals surface area contributed by atoms with E-state index in [1.807, 2.05) is 0 Å². The van der Waals surface area contributed by atoms with E-state index in [1.165, 1.54) is 0 Å². The van der Waals surface area contributed by atoms with Crippen molar-refractivity contribution in [2.45, 2.75) is 32.6 Å². The van der Waals surface area contributed by atoms with Gasteiger partial charge in [-0.15, -0.1) is 0 Å². The quantitative estimate of drug-likeness (QED) is 0.212. The van der Waals surface area contributed by atoms with Crippen LogP contribution in [0.1, 0.15) is 19.4 Å². The number of carbonyl (C=O) groups excluding carboxylic acids is 1. The van der Waals surface area contributed by atoms with Crippen LogP contribution in [0.3, 0.4) is 0 Å². The number of nitrogens with zero attached hydrogens (tertiary/aromatic N) is 2. The number of carbonyl (C=O) groups is 1. The number of nitro groups is 2. The number of rotatable bonds is 8. The molecule has 0 saturated carbocycles. The molecule has 0 spiro atoms. The van der Waals surface area contributed by atoms with Gasteiger partial charge in [0.2, 0.25) is 5.75 Å². The van der Waals surface area contributed by atoms with Crippen molar-refractivity contribution < 1.29 is 41.7 Å². The molecule has 0 radical (unpaired) electrons. The van der Waals surface area contributed by atoms with E-state index in [2.05, 4.69) is 9.47 Å². The average Bonchev–Trinajstić information content (AvgIpc) is 2.53. The van der Waals surface area contributed by atoms with Crippen LogP contribution in [0, 0.1) is 26.1 Å². The maximum atomic E-state index is 12.8. The van der Waals surface area contributed by atoms with E-state index in [1.54, 1.807) is 13.8 Å². The maximum absolute atomic E-state index is 12.8. The molecule has 0 bridgehead atoms. The number of ether oxygens (including phenoxy) is 2. The van der Waals surface area contributed by atoms with Gasteiger partial charge in [-0.3, -0.25) is 20.2 Å². The molecule has 0 fully saturated rings. The fraction of sp³-hybridized carbons (Fsp3) is 0.500. The van der Waals surface area contributed by atoms with E-state index < -0.39 is 52.1 Å². The molecule has 27 heavy (non-hydrogen) atoms. The van der Waals surface area contributed by atoms with E-state index in [0.29, 0.717) is 6.07 Å². The molecule has 0 aliphatic heterocycles. The highest BCUT2D eigenvalue weighted by Crippen LogP contribution is 2.37. The Morgan fingerprint density at radius 2 is 1.78 bits per heavy atom. The molecule has 1 aromatic rings. The van der Waals surface area contributed by atoms with Crippen molar-refractivity contribution in [2.24, 2.45) is 5.92 Å². The first-order valence-corrected chi connectivity index (χ1v) is 7.31. The van der Waals surface area contributed by atoms with Crippen molar-refractivity contribution in [1.82, 2.24) is 0 Å². The first-order valence-electron chi connectivity index (χ1n) is 7.31. The van der Waals surface area contributed by atoms with Crippen molar-refractivity contribution >= 4 is 17.5 Å². The Hall–Kier alpha value is -2.99.